The van der Waals surface area contributed by atoms with Crippen LogP contribution in [0.25, 0.3) is 0 Å². The van der Waals surface area contributed by atoms with Crippen molar-refractivity contribution in [3.8, 4) is 0 Å². The average Bonchev–Trinajstić information content (AvgIpc) is 3.25. The van der Waals surface area contributed by atoms with E-state index in [4.69, 9.17) is 4.74 Å². The molecule has 2 fully saturated rings. The van der Waals surface area contributed by atoms with Gasteiger partial charge >= 0.3 is 0 Å². The van der Waals surface area contributed by atoms with Gasteiger partial charge in [0.1, 0.15) is 0 Å². The van der Waals surface area contributed by atoms with Crippen molar-refractivity contribution < 1.29 is 13.2 Å². The van der Waals surface area contributed by atoms with Gasteiger partial charge < -0.3 is 15.4 Å². The molecule has 1 aromatic rings. The molecule has 8 heteroatoms. The van der Waals surface area contributed by atoms with Gasteiger partial charge in [0, 0.05) is 33.2 Å². The van der Waals surface area contributed by atoms with Gasteiger partial charge in [0.25, 0.3) is 0 Å². The Morgan fingerprint density at radius 2 is 1.80 bits per heavy atom. The second kappa shape index (κ2) is 10.6. The van der Waals surface area contributed by atoms with E-state index in [9.17, 15) is 8.42 Å². The van der Waals surface area contributed by atoms with Crippen LogP contribution >= 0.6 is 0 Å². The highest BCUT2D eigenvalue weighted by Gasteiger charge is 2.32. The maximum Gasteiger partial charge on any atom is 0.218 e. The Morgan fingerprint density at radius 3 is 2.43 bits per heavy atom. The van der Waals surface area contributed by atoms with E-state index in [-0.39, 0.29) is 5.75 Å². The fourth-order valence-electron chi connectivity index (χ4n) is 4.43. The fraction of sp³-hybridized carbons (Fsp3) is 0.682. The van der Waals surface area contributed by atoms with Crippen molar-refractivity contribution in [1.29, 1.82) is 0 Å². The number of nitrogens with one attached hydrogen (secondary N) is 2. The van der Waals surface area contributed by atoms with E-state index < -0.39 is 10.0 Å². The lowest BCUT2D eigenvalue weighted by molar-refractivity contribution is 0.0729. The zero-order chi connectivity index (χ0) is 21.5. The first-order valence-electron chi connectivity index (χ1n) is 11.0. The number of aliphatic imine (C=N–C) groups is 1. The summed E-state index contributed by atoms with van der Waals surface area (Å²) in [6.45, 7) is 5.52. The van der Waals surface area contributed by atoms with Crippen LogP contribution in [0.1, 0.15) is 50.2 Å². The van der Waals surface area contributed by atoms with Crippen LogP contribution in [0.2, 0.25) is 0 Å². The predicted octanol–water partition coefficient (Wildman–Crippen LogP) is 2.48. The maximum absolute atomic E-state index is 12.8. The normalized spacial score (nSPS) is 20.3. The van der Waals surface area contributed by atoms with E-state index in [1.165, 1.54) is 36.4 Å². The molecule has 30 heavy (non-hydrogen) atoms. The summed E-state index contributed by atoms with van der Waals surface area (Å²) < 4.78 is 32.5. The van der Waals surface area contributed by atoms with Crippen LogP contribution in [0.3, 0.4) is 0 Å². The van der Waals surface area contributed by atoms with Gasteiger partial charge in [-0.1, -0.05) is 44.0 Å². The van der Waals surface area contributed by atoms with E-state index in [0.29, 0.717) is 38.3 Å². The molecule has 0 radical (unpaired) electrons. The smallest absolute Gasteiger partial charge is 0.218 e. The molecule has 1 aliphatic carbocycles. The van der Waals surface area contributed by atoms with Crippen molar-refractivity contribution in [2.24, 2.45) is 10.4 Å². The highest BCUT2D eigenvalue weighted by atomic mass is 32.2. The lowest BCUT2D eigenvalue weighted by Crippen LogP contribution is -2.43. The molecule has 0 bridgehead atoms. The third-order valence-electron chi connectivity index (χ3n) is 6.53. The van der Waals surface area contributed by atoms with E-state index in [0.717, 1.165) is 23.6 Å². The van der Waals surface area contributed by atoms with Crippen LogP contribution in [0.4, 0.5) is 0 Å². The number of morpholine rings is 1. The summed E-state index contributed by atoms with van der Waals surface area (Å²) in [6, 6.07) is 7.72. The molecule has 1 heterocycles. The van der Waals surface area contributed by atoms with Gasteiger partial charge in [-0.3, -0.25) is 4.99 Å². The summed E-state index contributed by atoms with van der Waals surface area (Å²) in [4.78, 5) is 4.36. The van der Waals surface area contributed by atoms with Crippen LogP contribution in [0, 0.1) is 5.41 Å². The van der Waals surface area contributed by atoms with E-state index >= 15 is 0 Å². The number of rotatable bonds is 8. The first-order valence-corrected chi connectivity index (χ1v) is 12.7. The molecule has 1 aliphatic heterocycles. The third kappa shape index (κ3) is 5.95. The molecule has 0 amide bonds. The minimum Gasteiger partial charge on any atom is -0.379 e. The highest BCUT2D eigenvalue weighted by molar-refractivity contribution is 7.88. The third-order valence-corrected chi connectivity index (χ3v) is 8.36. The molecule has 0 spiro atoms. The summed E-state index contributed by atoms with van der Waals surface area (Å²) in [6.07, 6.45) is 6.35. The molecule has 0 atom stereocenters. The average molecular weight is 437 g/mol. The topological polar surface area (TPSA) is 83.0 Å². The standard InChI is InChI=1S/C22H36N4O3S/c1-3-22(10-6-7-11-22)18-25-21(23-2)24-16-19-8-4-5-9-20(19)17-30(27,28)26-12-14-29-15-13-26/h4-5,8-9H,3,6-7,10-18H2,1-2H3,(H2,23,24,25). The lowest BCUT2D eigenvalue weighted by Gasteiger charge is -2.28. The van der Waals surface area contributed by atoms with Crippen LogP contribution in [0.15, 0.2) is 29.3 Å². The summed E-state index contributed by atoms with van der Waals surface area (Å²) in [5.41, 5.74) is 2.18. The van der Waals surface area contributed by atoms with Gasteiger partial charge in [-0.2, -0.15) is 4.31 Å². The minimum absolute atomic E-state index is 0.00975. The van der Waals surface area contributed by atoms with Crippen molar-refractivity contribution in [2.45, 2.75) is 51.3 Å². The zero-order valence-corrected chi connectivity index (χ0v) is 19.1. The zero-order valence-electron chi connectivity index (χ0n) is 18.3. The number of hydrogen-bond acceptors (Lipinski definition) is 4. The first kappa shape index (κ1) is 23.0. The largest absolute Gasteiger partial charge is 0.379 e. The minimum atomic E-state index is -3.36. The first-order chi connectivity index (χ1) is 14.5. The van der Waals surface area contributed by atoms with Gasteiger partial charge in [-0.15, -0.1) is 0 Å². The molecular formula is C22H36N4O3S. The molecule has 1 aromatic carbocycles. The predicted molar refractivity (Wildman–Crippen MR) is 121 cm³/mol. The molecule has 0 aromatic heterocycles. The van der Waals surface area contributed by atoms with E-state index in [1.807, 2.05) is 24.3 Å². The van der Waals surface area contributed by atoms with Gasteiger partial charge in [-0.05, 0) is 35.8 Å². The van der Waals surface area contributed by atoms with Crippen molar-refractivity contribution in [3.05, 3.63) is 35.4 Å². The van der Waals surface area contributed by atoms with E-state index in [2.05, 4.69) is 22.5 Å². The Kier molecular flexibility index (Phi) is 8.13. The summed E-state index contributed by atoms with van der Waals surface area (Å²) in [5.74, 6) is 0.774. The van der Waals surface area contributed by atoms with Crippen LogP contribution in [-0.4, -0.2) is 58.6 Å². The second-order valence-electron chi connectivity index (χ2n) is 8.38. The van der Waals surface area contributed by atoms with Crippen LogP contribution < -0.4 is 10.6 Å². The number of sulfonamides is 1. The molecule has 3 rings (SSSR count). The summed E-state index contributed by atoms with van der Waals surface area (Å²) in [5, 5.41) is 6.86. The summed E-state index contributed by atoms with van der Waals surface area (Å²) >= 11 is 0. The van der Waals surface area contributed by atoms with Crippen LogP contribution in [-0.2, 0) is 27.1 Å². The van der Waals surface area contributed by atoms with Crippen molar-refractivity contribution in [3.63, 3.8) is 0 Å². The molecular weight excluding hydrogens is 400 g/mol. The Morgan fingerprint density at radius 1 is 1.13 bits per heavy atom. The highest BCUT2D eigenvalue weighted by Crippen LogP contribution is 2.40. The molecule has 2 N–H and O–H groups in total. The van der Waals surface area contributed by atoms with Crippen molar-refractivity contribution >= 4 is 16.0 Å². The fourth-order valence-corrected chi connectivity index (χ4v) is 6.00. The van der Waals surface area contributed by atoms with Crippen molar-refractivity contribution in [2.75, 3.05) is 39.9 Å². The van der Waals surface area contributed by atoms with Gasteiger partial charge in [-0.25, -0.2) is 8.42 Å². The Balaban J connectivity index is 1.60. The molecule has 2 aliphatic rings. The number of hydrogen-bond donors (Lipinski definition) is 2. The van der Waals surface area contributed by atoms with Gasteiger partial charge in [0.15, 0.2) is 5.96 Å². The molecule has 0 unspecified atom stereocenters. The number of benzene rings is 1. The molecule has 1 saturated carbocycles. The number of guanidine groups is 1. The van der Waals surface area contributed by atoms with Crippen molar-refractivity contribution in [1.82, 2.24) is 14.9 Å². The lowest BCUT2D eigenvalue weighted by atomic mass is 9.83. The number of ether oxygens (including phenoxy) is 1. The van der Waals surface area contributed by atoms with Crippen LogP contribution in [0.5, 0.6) is 0 Å². The molecule has 7 nitrogen and oxygen atoms in total. The Hall–Kier alpha value is -1.64. The Bertz CT molecular complexity index is 813. The molecule has 168 valence electrons. The second-order valence-corrected chi connectivity index (χ2v) is 10.3. The van der Waals surface area contributed by atoms with E-state index in [1.54, 1.807) is 7.05 Å². The number of nitrogens with zero attached hydrogens (tertiary/aromatic N) is 2. The molecule has 1 saturated heterocycles. The quantitative estimate of drug-likeness (QED) is 0.483. The Labute approximate surface area is 181 Å². The monoisotopic (exact) mass is 436 g/mol. The van der Waals surface area contributed by atoms with Gasteiger partial charge in [0.05, 0.1) is 19.0 Å². The maximum atomic E-state index is 12.8. The summed E-state index contributed by atoms with van der Waals surface area (Å²) in [7, 11) is -1.58. The SMILES string of the molecule is CCC1(CNC(=NC)NCc2ccccc2CS(=O)(=O)N2CCOCC2)CCCC1. The van der Waals surface area contributed by atoms with Gasteiger partial charge in [0.2, 0.25) is 10.0 Å².